The zero-order chi connectivity index (χ0) is 0. The van der Waals surface area contributed by atoms with Gasteiger partial charge in [0.1, 0.15) is 0 Å². The molecule has 5 heavy (non-hydrogen) atoms. The third-order valence-electron chi connectivity index (χ3n) is 0. The Bertz CT molecular complexity index is 4.85. The number of rotatable bonds is 0. The molecule has 0 saturated heterocycles. The Morgan fingerprint density at radius 3 is 0.400 bits per heavy atom. The van der Waals surface area contributed by atoms with Crippen LogP contribution in [0.4, 0.5) is 0 Å². The van der Waals surface area contributed by atoms with E-state index < -0.39 is 0 Å². The molecule has 0 atom stereocenters. The van der Waals surface area contributed by atoms with Crippen LogP contribution in [0.3, 0.4) is 0 Å². The van der Waals surface area contributed by atoms with Crippen LogP contribution >= 0.6 is 0 Å². The molecular weight excluding hydrogens is 328 g/mol. The minimum Gasteiger partial charge on any atom is -0.412 e. The SMILES string of the molecule is O.O.O.[Ce].[Ce]. The summed E-state index contributed by atoms with van der Waals surface area (Å²) < 4.78 is 0. The fraction of sp³-hybridized carbons (Fsp3) is 0. The number of hydrogen-bond acceptors (Lipinski definition) is 0. The second kappa shape index (κ2) is 30.4. The van der Waals surface area contributed by atoms with Crippen LogP contribution < -0.4 is 0 Å². The molecular formula is H6Ce2O3. The molecule has 5 heteroatoms. The van der Waals surface area contributed by atoms with Gasteiger partial charge in [0.2, 0.25) is 0 Å². The quantitative estimate of drug-likeness (QED) is 0.469. The van der Waals surface area contributed by atoms with Crippen molar-refractivity contribution in [1.82, 2.24) is 0 Å². The summed E-state index contributed by atoms with van der Waals surface area (Å²) in [6.07, 6.45) is 0. The predicted molar refractivity (Wildman–Crippen MR) is 10.8 cm³/mol. The molecule has 0 radical (unpaired) electrons. The summed E-state index contributed by atoms with van der Waals surface area (Å²) in [6.45, 7) is 0. The van der Waals surface area contributed by atoms with Crippen molar-refractivity contribution in [2.24, 2.45) is 0 Å². The van der Waals surface area contributed by atoms with Gasteiger partial charge in [-0.15, -0.1) is 0 Å². The summed E-state index contributed by atoms with van der Waals surface area (Å²) in [7, 11) is 0. The number of hydrogen-bond donors (Lipinski definition) is 0. The van der Waals surface area contributed by atoms with E-state index >= 15 is 0 Å². The van der Waals surface area contributed by atoms with Crippen LogP contribution in [0, 0.1) is 83.5 Å². The molecule has 3 nitrogen and oxygen atoms in total. The van der Waals surface area contributed by atoms with Gasteiger partial charge in [-0.2, -0.15) is 0 Å². The van der Waals surface area contributed by atoms with Gasteiger partial charge in [0, 0.05) is 83.5 Å². The predicted octanol–water partition coefficient (Wildman–Crippen LogP) is -2.47. The molecule has 0 bridgehead atoms. The zero-order valence-electron chi connectivity index (χ0n) is 2.50. The first-order chi connectivity index (χ1) is 0. The summed E-state index contributed by atoms with van der Waals surface area (Å²) >= 11 is 0. The molecule has 0 aromatic heterocycles. The molecule has 32 valence electrons. The molecule has 0 aromatic rings. The smallest absolute Gasteiger partial charge is 0 e. The third kappa shape index (κ3) is 20.5. The molecule has 0 spiro atoms. The minimum absolute atomic E-state index is 0. The Balaban J connectivity index is 0. The van der Waals surface area contributed by atoms with Gasteiger partial charge in [-0.3, -0.25) is 0 Å². The first-order valence-electron chi connectivity index (χ1n) is 0. The molecule has 0 amide bonds. The molecule has 0 saturated carbocycles. The van der Waals surface area contributed by atoms with E-state index in [4.69, 9.17) is 0 Å². The maximum absolute atomic E-state index is 0. The van der Waals surface area contributed by atoms with E-state index in [9.17, 15) is 0 Å². The van der Waals surface area contributed by atoms with E-state index in [1.165, 1.54) is 0 Å². The Labute approximate surface area is 97.6 Å². The normalized spacial score (nSPS) is 0. The Morgan fingerprint density at radius 2 is 0.400 bits per heavy atom. The monoisotopic (exact) mass is 334 g/mol. The molecule has 0 rings (SSSR count). The zero-order valence-corrected chi connectivity index (χ0v) is 8.78. The van der Waals surface area contributed by atoms with Gasteiger partial charge in [0.05, 0.1) is 0 Å². The molecule has 0 heterocycles. The van der Waals surface area contributed by atoms with Gasteiger partial charge in [0.25, 0.3) is 0 Å². The minimum atomic E-state index is 0. The Kier molecular flexibility index (Phi) is 294. The van der Waals surface area contributed by atoms with Crippen LogP contribution in [0.5, 0.6) is 0 Å². The van der Waals surface area contributed by atoms with E-state index in [0.717, 1.165) is 0 Å². The first kappa shape index (κ1) is 48.4. The first-order valence-corrected chi connectivity index (χ1v) is 0. The Hall–Kier alpha value is 2.63. The molecule has 0 aliphatic rings. The van der Waals surface area contributed by atoms with Gasteiger partial charge < -0.3 is 16.4 Å². The van der Waals surface area contributed by atoms with E-state index in [0.29, 0.717) is 0 Å². The van der Waals surface area contributed by atoms with Crippen molar-refractivity contribution in [1.29, 1.82) is 0 Å². The largest absolute Gasteiger partial charge is 0.412 e. The molecule has 0 aliphatic carbocycles. The average Bonchev–Trinajstić information content (AvgIpc) is 0. The van der Waals surface area contributed by atoms with Crippen LogP contribution in [0.25, 0.3) is 0 Å². The van der Waals surface area contributed by atoms with Crippen molar-refractivity contribution in [3.63, 3.8) is 0 Å². The second-order valence-corrected chi connectivity index (χ2v) is 0. The van der Waals surface area contributed by atoms with Crippen molar-refractivity contribution >= 4 is 0 Å². The van der Waals surface area contributed by atoms with Gasteiger partial charge in [0.15, 0.2) is 0 Å². The molecule has 0 aromatic carbocycles. The van der Waals surface area contributed by atoms with Crippen LogP contribution in [0.15, 0.2) is 0 Å². The van der Waals surface area contributed by atoms with Crippen molar-refractivity contribution in [3.05, 3.63) is 0 Å². The van der Waals surface area contributed by atoms with E-state index in [1.54, 1.807) is 0 Å². The molecule has 6 N–H and O–H groups in total. The fourth-order valence-electron chi connectivity index (χ4n) is 0. The standard InChI is InChI=1S/2Ce.3H2O/h;;3*1H2. The molecule has 0 aliphatic heterocycles. The van der Waals surface area contributed by atoms with Gasteiger partial charge in [-0.25, -0.2) is 0 Å². The van der Waals surface area contributed by atoms with E-state index in [-0.39, 0.29) is 99.9 Å². The van der Waals surface area contributed by atoms with Crippen molar-refractivity contribution < 1.29 is 99.9 Å². The van der Waals surface area contributed by atoms with Crippen molar-refractivity contribution in [2.75, 3.05) is 0 Å². The van der Waals surface area contributed by atoms with Gasteiger partial charge in [-0.1, -0.05) is 0 Å². The van der Waals surface area contributed by atoms with Crippen molar-refractivity contribution in [3.8, 4) is 0 Å². The van der Waals surface area contributed by atoms with Crippen LogP contribution in [0.1, 0.15) is 0 Å². The van der Waals surface area contributed by atoms with Gasteiger partial charge in [-0.05, 0) is 0 Å². The summed E-state index contributed by atoms with van der Waals surface area (Å²) in [4.78, 5) is 0. The van der Waals surface area contributed by atoms with E-state index in [2.05, 4.69) is 0 Å². The topological polar surface area (TPSA) is 94.5 Å². The third-order valence-corrected chi connectivity index (χ3v) is 0. The van der Waals surface area contributed by atoms with Crippen LogP contribution in [-0.4, -0.2) is 16.4 Å². The maximum Gasteiger partial charge on any atom is 0 e. The summed E-state index contributed by atoms with van der Waals surface area (Å²) in [5.74, 6) is 0. The summed E-state index contributed by atoms with van der Waals surface area (Å²) in [5, 5.41) is 0. The Morgan fingerprint density at radius 1 is 0.400 bits per heavy atom. The van der Waals surface area contributed by atoms with Gasteiger partial charge >= 0.3 is 0 Å². The van der Waals surface area contributed by atoms with E-state index in [1.807, 2.05) is 0 Å². The summed E-state index contributed by atoms with van der Waals surface area (Å²) in [5.41, 5.74) is 0. The van der Waals surface area contributed by atoms with Crippen LogP contribution in [0.2, 0.25) is 0 Å². The second-order valence-electron chi connectivity index (χ2n) is 0. The van der Waals surface area contributed by atoms with Crippen LogP contribution in [-0.2, 0) is 0 Å². The maximum atomic E-state index is 0. The van der Waals surface area contributed by atoms with Crippen molar-refractivity contribution in [2.45, 2.75) is 0 Å². The summed E-state index contributed by atoms with van der Waals surface area (Å²) in [6, 6.07) is 0. The average molecular weight is 334 g/mol. The molecule has 0 fully saturated rings. The fourth-order valence-corrected chi connectivity index (χ4v) is 0. The molecule has 0 unspecified atom stereocenters.